The zero-order valence-corrected chi connectivity index (χ0v) is 15.5. The van der Waals surface area contributed by atoms with Crippen LogP contribution >= 0.6 is 0 Å². The predicted molar refractivity (Wildman–Crippen MR) is 106 cm³/mol. The summed E-state index contributed by atoms with van der Waals surface area (Å²) in [6.45, 7) is 5.76. The summed E-state index contributed by atoms with van der Waals surface area (Å²) < 4.78 is 7.07. The number of rotatable bonds is 6. The third-order valence-corrected chi connectivity index (χ3v) is 4.58. The van der Waals surface area contributed by atoms with Crippen molar-refractivity contribution >= 4 is 22.5 Å². The van der Waals surface area contributed by atoms with Crippen LogP contribution in [0.5, 0.6) is 0 Å². The lowest BCUT2D eigenvalue weighted by molar-refractivity contribution is 0.0928. The number of aromatic nitrogens is 1. The molecule has 0 saturated carbocycles. The Kier molecular flexibility index (Phi) is 5.28. The first-order valence-electron chi connectivity index (χ1n) is 8.71. The van der Waals surface area contributed by atoms with Gasteiger partial charge in [0, 0.05) is 36.8 Å². The molecule has 26 heavy (non-hydrogen) atoms. The standard InChI is InChI=1S/C21H25N3O2/c1-14-4-5-15(2)17(10-14)13-24-19-7-6-18(22)11-16(19)12-20(24)21(25)23-8-9-26-3/h4-7,10-12H,8-9,13,22H2,1-3H3,(H,23,25). The van der Waals surface area contributed by atoms with Crippen molar-refractivity contribution < 1.29 is 9.53 Å². The SMILES string of the molecule is COCCNC(=O)c1cc2cc(N)ccc2n1Cc1cc(C)ccc1C. The molecule has 3 aromatic rings. The quantitative estimate of drug-likeness (QED) is 0.529. The highest BCUT2D eigenvalue weighted by Gasteiger charge is 2.16. The smallest absolute Gasteiger partial charge is 0.268 e. The molecule has 0 spiro atoms. The number of aryl methyl sites for hydroxylation is 2. The number of methoxy groups -OCH3 is 1. The van der Waals surface area contributed by atoms with Crippen molar-refractivity contribution in [3.8, 4) is 0 Å². The highest BCUT2D eigenvalue weighted by molar-refractivity contribution is 5.99. The highest BCUT2D eigenvalue weighted by Crippen LogP contribution is 2.25. The third-order valence-electron chi connectivity index (χ3n) is 4.58. The van der Waals surface area contributed by atoms with Crippen LogP contribution < -0.4 is 11.1 Å². The number of nitrogen functional groups attached to an aromatic ring is 1. The van der Waals surface area contributed by atoms with Gasteiger partial charge in [-0.1, -0.05) is 23.8 Å². The van der Waals surface area contributed by atoms with Gasteiger partial charge < -0.3 is 20.4 Å². The molecule has 0 aliphatic carbocycles. The topological polar surface area (TPSA) is 69.3 Å². The number of nitrogens with one attached hydrogen (secondary N) is 1. The van der Waals surface area contributed by atoms with Crippen LogP contribution in [0.3, 0.4) is 0 Å². The minimum Gasteiger partial charge on any atom is -0.399 e. The Balaban J connectivity index is 2.04. The van der Waals surface area contributed by atoms with E-state index in [1.54, 1.807) is 7.11 Å². The molecule has 2 aromatic carbocycles. The minimum absolute atomic E-state index is 0.109. The van der Waals surface area contributed by atoms with Crippen molar-refractivity contribution in [2.75, 3.05) is 26.0 Å². The maximum atomic E-state index is 12.7. The summed E-state index contributed by atoms with van der Waals surface area (Å²) >= 11 is 0. The van der Waals surface area contributed by atoms with E-state index in [2.05, 4.69) is 41.9 Å². The molecular formula is C21H25N3O2. The zero-order valence-electron chi connectivity index (χ0n) is 15.5. The first-order chi connectivity index (χ1) is 12.5. The van der Waals surface area contributed by atoms with Gasteiger partial charge in [-0.3, -0.25) is 4.79 Å². The van der Waals surface area contributed by atoms with Crippen LogP contribution in [-0.4, -0.2) is 30.7 Å². The van der Waals surface area contributed by atoms with Crippen molar-refractivity contribution in [1.29, 1.82) is 0 Å². The normalized spacial score (nSPS) is 11.0. The highest BCUT2D eigenvalue weighted by atomic mass is 16.5. The molecule has 0 aliphatic heterocycles. The van der Waals surface area contributed by atoms with Crippen LogP contribution in [0.1, 0.15) is 27.2 Å². The summed E-state index contributed by atoms with van der Waals surface area (Å²) in [6.07, 6.45) is 0. The average Bonchev–Trinajstić information content (AvgIpc) is 2.96. The molecule has 0 aliphatic rings. The van der Waals surface area contributed by atoms with Gasteiger partial charge in [0.2, 0.25) is 0 Å². The fourth-order valence-electron chi connectivity index (χ4n) is 3.15. The van der Waals surface area contributed by atoms with E-state index in [4.69, 9.17) is 10.5 Å². The van der Waals surface area contributed by atoms with Crippen LogP contribution in [0.4, 0.5) is 5.69 Å². The van der Waals surface area contributed by atoms with Crippen molar-refractivity contribution in [2.45, 2.75) is 20.4 Å². The monoisotopic (exact) mass is 351 g/mol. The summed E-state index contributed by atoms with van der Waals surface area (Å²) in [4.78, 5) is 12.7. The van der Waals surface area contributed by atoms with Gasteiger partial charge in [0.25, 0.3) is 5.91 Å². The number of nitrogens with two attached hydrogens (primary N) is 1. The number of nitrogens with zero attached hydrogens (tertiary/aromatic N) is 1. The van der Waals surface area contributed by atoms with Gasteiger partial charge in [-0.25, -0.2) is 0 Å². The lowest BCUT2D eigenvalue weighted by atomic mass is 10.1. The van der Waals surface area contributed by atoms with E-state index in [1.807, 2.05) is 24.3 Å². The number of amides is 1. The van der Waals surface area contributed by atoms with Gasteiger partial charge in [0.05, 0.1) is 6.61 Å². The van der Waals surface area contributed by atoms with Gasteiger partial charge in [-0.05, 0) is 49.2 Å². The molecule has 0 radical (unpaired) electrons. The first kappa shape index (κ1) is 18.0. The van der Waals surface area contributed by atoms with Crippen LogP contribution in [0.25, 0.3) is 10.9 Å². The third kappa shape index (κ3) is 3.73. The van der Waals surface area contributed by atoms with Gasteiger partial charge in [0.15, 0.2) is 0 Å². The maximum Gasteiger partial charge on any atom is 0.268 e. The van der Waals surface area contributed by atoms with E-state index < -0.39 is 0 Å². The van der Waals surface area contributed by atoms with Gasteiger partial charge >= 0.3 is 0 Å². The summed E-state index contributed by atoms with van der Waals surface area (Å²) in [7, 11) is 1.62. The Morgan fingerprint density at radius 2 is 1.96 bits per heavy atom. The summed E-state index contributed by atoms with van der Waals surface area (Å²) in [5.41, 5.74) is 11.9. The largest absolute Gasteiger partial charge is 0.399 e. The number of fused-ring (bicyclic) bond motifs is 1. The molecule has 0 fully saturated rings. The Morgan fingerprint density at radius 1 is 1.15 bits per heavy atom. The molecule has 0 bridgehead atoms. The summed E-state index contributed by atoms with van der Waals surface area (Å²) in [6, 6.07) is 14.0. The van der Waals surface area contributed by atoms with Gasteiger partial charge in [0.1, 0.15) is 5.69 Å². The number of anilines is 1. The molecule has 0 saturated heterocycles. The molecule has 136 valence electrons. The number of carbonyl (C=O) groups is 1. The fourth-order valence-corrected chi connectivity index (χ4v) is 3.15. The molecular weight excluding hydrogens is 326 g/mol. The summed E-state index contributed by atoms with van der Waals surface area (Å²) in [5.74, 6) is -0.109. The fraction of sp³-hybridized carbons (Fsp3) is 0.286. The first-order valence-corrected chi connectivity index (χ1v) is 8.71. The van der Waals surface area contributed by atoms with Crippen molar-refractivity contribution in [3.05, 3.63) is 64.8 Å². The van der Waals surface area contributed by atoms with Crippen molar-refractivity contribution in [3.63, 3.8) is 0 Å². The Labute approximate surface area is 153 Å². The average molecular weight is 351 g/mol. The van der Waals surface area contributed by atoms with Crippen LogP contribution in [0.2, 0.25) is 0 Å². The maximum absolute atomic E-state index is 12.7. The number of ether oxygens (including phenoxy) is 1. The lowest BCUT2D eigenvalue weighted by Crippen LogP contribution is -2.29. The predicted octanol–water partition coefficient (Wildman–Crippen LogP) is 3.26. The Bertz CT molecular complexity index is 944. The summed E-state index contributed by atoms with van der Waals surface area (Å²) in [5, 5.41) is 3.88. The number of benzene rings is 2. The van der Waals surface area contributed by atoms with Crippen molar-refractivity contribution in [2.24, 2.45) is 0 Å². The van der Waals surface area contributed by atoms with E-state index in [0.29, 0.717) is 31.1 Å². The second-order valence-corrected chi connectivity index (χ2v) is 6.61. The number of carbonyl (C=O) groups excluding carboxylic acids is 1. The van der Waals surface area contributed by atoms with E-state index in [1.165, 1.54) is 16.7 Å². The molecule has 1 aromatic heterocycles. The molecule has 1 amide bonds. The van der Waals surface area contributed by atoms with Crippen LogP contribution in [0, 0.1) is 13.8 Å². The van der Waals surface area contributed by atoms with Crippen molar-refractivity contribution in [1.82, 2.24) is 9.88 Å². The minimum atomic E-state index is -0.109. The molecule has 0 atom stereocenters. The second kappa shape index (κ2) is 7.62. The molecule has 5 nitrogen and oxygen atoms in total. The Morgan fingerprint density at radius 3 is 2.73 bits per heavy atom. The second-order valence-electron chi connectivity index (χ2n) is 6.61. The van der Waals surface area contributed by atoms with E-state index >= 15 is 0 Å². The van der Waals surface area contributed by atoms with Gasteiger partial charge in [-0.15, -0.1) is 0 Å². The lowest BCUT2D eigenvalue weighted by Gasteiger charge is -2.14. The molecule has 3 N–H and O–H groups in total. The Hall–Kier alpha value is -2.79. The van der Waals surface area contributed by atoms with E-state index in [9.17, 15) is 4.79 Å². The van der Waals surface area contributed by atoms with E-state index in [0.717, 1.165) is 10.9 Å². The number of hydrogen-bond donors (Lipinski definition) is 2. The molecule has 0 unspecified atom stereocenters. The van der Waals surface area contributed by atoms with Gasteiger partial charge in [-0.2, -0.15) is 0 Å². The van der Waals surface area contributed by atoms with E-state index in [-0.39, 0.29) is 5.91 Å². The molecule has 3 rings (SSSR count). The number of hydrogen-bond acceptors (Lipinski definition) is 3. The zero-order chi connectivity index (χ0) is 18.7. The molecule has 1 heterocycles. The van der Waals surface area contributed by atoms with Crippen LogP contribution in [-0.2, 0) is 11.3 Å². The van der Waals surface area contributed by atoms with Crippen LogP contribution in [0.15, 0.2) is 42.5 Å². The molecule has 5 heteroatoms.